The van der Waals surface area contributed by atoms with Crippen LogP contribution in [-0.2, 0) is 4.74 Å². The second-order valence-electron chi connectivity index (χ2n) is 4.70. The zero-order valence-electron chi connectivity index (χ0n) is 11.8. The third kappa shape index (κ3) is 5.45. The van der Waals surface area contributed by atoms with Crippen LogP contribution in [-0.4, -0.2) is 32.1 Å². The Morgan fingerprint density at radius 3 is 2.52 bits per heavy atom. The summed E-state index contributed by atoms with van der Waals surface area (Å²) in [7, 11) is 0. The maximum atomic E-state index is 12.8. The summed E-state index contributed by atoms with van der Waals surface area (Å²) in [6, 6.07) is 4.92. The molecule has 1 N–H and O–H groups in total. The highest BCUT2D eigenvalue weighted by atomic mass is 35.5. The summed E-state index contributed by atoms with van der Waals surface area (Å²) in [5, 5.41) is 3.59. The highest BCUT2D eigenvalue weighted by molar-refractivity contribution is 6.31. The summed E-state index contributed by atoms with van der Waals surface area (Å²) < 4.78 is 54.4. The van der Waals surface area contributed by atoms with Crippen molar-refractivity contribution >= 4 is 11.6 Å². The van der Waals surface area contributed by atoms with Crippen LogP contribution >= 0.6 is 11.6 Å². The van der Waals surface area contributed by atoms with E-state index in [-0.39, 0.29) is 12.6 Å². The van der Waals surface area contributed by atoms with Crippen LogP contribution in [0.25, 0.3) is 0 Å². The molecule has 0 aromatic heterocycles. The van der Waals surface area contributed by atoms with Gasteiger partial charge in [-0.2, -0.15) is 8.78 Å². The molecule has 1 unspecified atom stereocenters. The molecule has 0 saturated heterocycles. The lowest BCUT2D eigenvalue weighted by molar-refractivity contribution is -0.167. The Bertz CT molecular complexity index is 457. The fourth-order valence-electron chi connectivity index (χ4n) is 1.72. The Hall–Kier alpha value is -0.850. The third-order valence-electron chi connectivity index (χ3n) is 2.95. The van der Waals surface area contributed by atoms with Gasteiger partial charge in [-0.15, -0.1) is 0 Å². The number of alkyl halides is 4. The van der Waals surface area contributed by atoms with E-state index in [4.69, 9.17) is 16.3 Å². The maximum absolute atomic E-state index is 12.8. The largest absolute Gasteiger partial charge is 0.373 e. The van der Waals surface area contributed by atoms with Gasteiger partial charge in [0.05, 0.1) is 12.6 Å². The minimum absolute atomic E-state index is 0.143. The Morgan fingerprint density at radius 1 is 1.33 bits per heavy atom. The molecule has 0 aliphatic heterocycles. The van der Waals surface area contributed by atoms with E-state index < -0.39 is 19.0 Å². The molecular formula is C14H18ClF4NO. The van der Waals surface area contributed by atoms with E-state index in [1.807, 2.05) is 13.8 Å². The molecule has 0 bridgehead atoms. The minimum atomic E-state index is -4.14. The van der Waals surface area contributed by atoms with Crippen LogP contribution in [0.1, 0.15) is 24.1 Å². The zero-order valence-corrected chi connectivity index (χ0v) is 12.6. The topological polar surface area (TPSA) is 21.3 Å². The molecule has 0 aliphatic carbocycles. The van der Waals surface area contributed by atoms with E-state index in [1.54, 1.807) is 18.2 Å². The molecule has 21 heavy (non-hydrogen) atoms. The van der Waals surface area contributed by atoms with Crippen LogP contribution in [0.4, 0.5) is 17.6 Å². The van der Waals surface area contributed by atoms with Gasteiger partial charge in [0, 0.05) is 5.02 Å². The summed E-state index contributed by atoms with van der Waals surface area (Å²) >= 11 is 6.02. The number of aryl methyl sites for hydroxylation is 1. The van der Waals surface area contributed by atoms with E-state index in [0.29, 0.717) is 11.6 Å². The average Bonchev–Trinajstić information content (AvgIpc) is 2.40. The molecule has 0 saturated carbocycles. The van der Waals surface area contributed by atoms with Crippen molar-refractivity contribution in [3.8, 4) is 0 Å². The number of hydrogen-bond acceptors (Lipinski definition) is 2. The van der Waals surface area contributed by atoms with Crippen molar-refractivity contribution in [2.75, 3.05) is 19.8 Å². The summed E-state index contributed by atoms with van der Waals surface area (Å²) in [5.41, 5.74) is 1.65. The fraction of sp³-hybridized carbons (Fsp3) is 0.571. The average molecular weight is 328 g/mol. The maximum Gasteiger partial charge on any atom is 0.330 e. The summed E-state index contributed by atoms with van der Waals surface area (Å²) in [6.07, 6.45) is -3.73. The molecule has 0 fully saturated rings. The number of halogens is 5. The molecule has 1 atom stereocenters. The molecule has 1 aromatic rings. The number of likely N-dealkylation sites (N-methyl/N-ethyl adjacent to an activating group) is 1. The number of rotatable bonds is 8. The molecule has 1 rings (SSSR count). The predicted molar refractivity (Wildman–Crippen MR) is 74.4 cm³/mol. The van der Waals surface area contributed by atoms with Crippen LogP contribution in [0.15, 0.2) is 18.2 Å². The number of benzene rings is 1. The van der Waals surface area contributed by atoms with Gasteiger partial charge in [-0.25, -0.2) is 8.78 Å². The smallest absolute Gasteiger partial charge is 0.330 e. The van der Waals surface area contributed by atoms with E-state index in [0.717, 1.165) is 11.1 Å². The molecule has 1 aromatic carbocycles. The van der Waals surface area contributed by atoms with E-state index in [1.165, 1.54) is 0 Å². The lowest BCUT2D eigenvalue weighted by atomic mass is 10.1. The lowest BCUT2D eigenvalue weighted by Crippen LogP contribution is -2.34. The standard InChI is InChI=1S/C14H18ClF4NO/c1-3-20-12(7-21-8-14(18,19)13(16)17)10-5-4-9(2)11(15)6-10/h4-6,12-13,20H,3,7-8H2,1-2H3. The van der Waals surface area contributed by atoms with Crippen molar-refractivity contribution in [3.05, 3.63) is 34.3 Å². The van der Waals surface area contributed by atoms with Crippen LogP contribution < -0.4 is 5.32 Å². The summed E-state index contributed by atoms with van der Waals surface area (Å²) in [4.78, 5) is 0. The molecule has 0 heterocycles. The van der Waals surface area contributed by atoms with Gasteiger partial charge >= 0.3 is 12.3 Å². The molecule has 120 valence electrons. The van der Waals surface area contributed by atoms with Crippen molar-refractivity contribution in [1.82, 2.24) is 5.32 Å². The van der Waals surface area contributed by atoms with Crippen molar-refractivity contribution < 1.29 is 22.3 Å². The van der Waals surface area contributed by atoms with Gasteiger partial charge in [0.2, 0.25) is 0 Å². The van der Waals surface area contributed by atoms with Crippen LogP contribution in [0.2, 0.25) is 5.02 Å². The Labute approximate surface area is 126 Å². The van der Waals surface area contributed by atoms with Gasteiger partial charge in [-0.1, -0.05) is 30.7 Å². The van der Waals surface area contributed by atoms with Gasteiger partial charge in [0.25, 0.3) is 0 Å². The van der Waals surface area contributed by atoms with Gasteiger partial charge in [0.1, 0.15) is 6.61 Å². The first-order valence-electron chi connectivity index (χ1n) is 6.51. The Kier molecular flexibility index (Phi) is 6.90. The molecule has 7 heteroatoms. The highest BCUT2D eigenvalue weighted by Crippen LogP contribution is 2.25. The second-order valence-corrected chi connectivity index (χ2v) is 5.10. The van der Waals surface area contributed by atoms with Crippen LogP contribution in [0.5, 0.6) is 0 Å². The first-order chi connectivity index (χ1) is 9.77. The molecular weight excluding hydrogens is 310 g/mol. The van der Waals surface area contributed by atoms with Crippen molar-refractivity contribution in [1.29, 1.82) is 0 Å². The van der Waals surface area contributed by atoms with E-state index >= 15 is 0 Å². The predicted octanol–water partition coefficient (Wildman–Crippen LogP) is 4.22. The minimum Gasteiger partial charge on any atom is -0.373 e. The first kappa shape index (κ1) is 18.2. The molecule has 0 aliphatic rings. The van der Waals surface area contributed by atoms with Crippen molar-refractivity contribution in [2.45, 2.75) is 32.2 Å². The number of hydrogen-bond donors (Lipinski definition) is 1. The van der Waals surface area contributed by atoms with Crippen molar-refractivity contribution in [3.63, 3.8) is 0 Å². The first-order valence-corrected chi connectivity index (χ1v) is 6.89. The normalized spacial score (nSPS) is 13.7. The monoisotopic (exact) mass is 327 g/mol. The zero-order chi connectivity index (χ0) is 16.0. The Morgan fingerprint density at radius 2 is 2.00 bits per heavy atom. The second kappa shape index (κ2) is 7.96. The molecule has 0 amide bonds. The van der Waals surface area contributed by atoms with Gasteiger partial charge in [-0.3, -0.25) is 0 Å². The van der Waals surface area contributed by atoms with Gasteiger partial charge in [-0.05, 0) is 30.7 Å². The Balaban J connectivity index is 2.67. The number of nitrogens with one attached hydrogen (secondary N) is 1. The molecule has 0 spiro atoms. The molecule has 0 radical (unpaired) electrons. The SMILES string of the molecule is CCNC(COCC(F)(F)C(F)F)c1ccc(C)c(Cl)c1. The number of ether oxygens (including phenoxy) is 1. The lowest BCUT2D eigenvalue weighted by Gasteiger charge is -2.21. The van der Waals surface area contributed by atoms with Crippen LogP contribution in [0, 0.1) is 6.92 Å². The van der Waals surface area contributed by atoms with Crippen LogP contribution in [0.3, 0.4) is 0 Å². The van der Waals surface area contributed by atoms with E-state index in [9.17, 15) is 17.6 Å². The summed E-state index contributed by atoms with van der Waals surface area (Å²) in [5.74, 6) is -4.14. The van der Waals surface area contributed by atoms with Gasteiger partial charge < -0.3 is 10.1 Å². The molecule has 2 nitrogen and oxygen atoms in total. The van der Waals surface area contributed by atoms with Crippen molar-refractivity contribution in [2.24, 2.45) is 0 Å². The van der Waals surface area contributed by atoms with Gasteiger partial charge in [0.15, 0.2) is 0 Å². The highest BCUT2D eigenvalue weighted by Gasteiger charge is 2.41. The van der Waals surface area contributed by atoms with E-state index in [2.05, 4.69) is 5.32 Å². The fourth-order valence-corrected chi connectivity index (χ4v) is 1.91. The quantitative estimate of drug-likeness (QED) is 0.722. The summed E-state index contributed by atoms with van der Waals surface area (Å²) in [6.45, 7) is 2.80. The third-order valence-corrected chi connectivity index (χ3v) is 3.35.